The molecule has 1 aliphatic rings. The predicted molar refractivity (Wildman–Crippen MR) is 93.6 cm³/mol. The van der Waals surface area contributed by atoms with Crippen molar-refractivity contribution in [3.63, 3.8) is 0 Å². The number of rotatable bonds is 5. The normalized spacial score (nSPS) is 17.0. The monoisotopic (exact) mass is 286 g/mol. The summed E-state index contributed by atoms with van der Waals surface area (Å²) in [6.45, 7) is 9.01. The van der Waals surface area contributed by atoms with Crippen LogP contribution in [0.15, 0.2) is 23.2 Å². The van der Waals surface area contributed by atoms with Crippen LogP contribution in [-0.4, -0.2) is 12.4 Å². The zero-order valence-corrected chi connectivity index (χ0v) is 14.0. The van der Waals surface area contributed by atoms with Crippen LogP contribution < -0.4 is 5.32 Å². The van der Waals surface area contributed by atoms with Gasteiger partial charge in [-0.1, -0.05) is 65.2 Å². The van der Waals surface area contributed by atoms with E-state index in [1.54, 1.807) is 0 Å². The van der Waals surface area contributed by atoms with Gasteiger partial charge in [0.05, 0.1) is 12.4 Å². The highest BCUT2D eigenvalue weighted by atomic mass is 15.0. The highest BCUT2D eigenvalue weighted by Gasteiger charge is 2.14. The number of anilines is 1. The molecule has 1 N–H and O–H groups in total. The van der Waals surface area contributed by atoms with Crippen molar-refractivity contribution in [2.45, 2.75) is 77.7 Å². The Kier molecular flexibility index (Phi) is 5.84. The molecule has 1 aliphatic carbocycles. The highest BCUT2D eigenvalue weighted by molar-refractivity contribution is 5.80. The van der Waals surface area contributed by atoms with Crippen LogP contribution in [0, 0.1) is 0 Å². The molecule has 0 aliphatic heterocycles. The maximum Gasteiger partial charge on any atom is 0.0871 e. The van der Waals surface area contributed by atoms with Crippen molar-refractivity contribution in [2.75, 3.05) is 5.32 Å². The smallest absolute Gasteiger partial charge is 0.0871 e. The average Bonchev–Trinajstić information content (AvgIpc) is 2.48. The minimum Gasteiger partial charge on any atom is -0.346 e. The highest BCUT2D eigenvalue weighted by Crippen LogP contribution is 2.32. The van der Waals surface area contributed by atoms with E-state index < -0.39 is 0 Å². The Morgan fingerprint density at radius 3 is 2.10 bits per heavy atom. The number of benzene rings is 1. The van der Waals surface area contributed by atoms with Gasteiger partial charge in [-0.2, -0.15) is 0 Å². The van der Waals surface area contributed by atoms with Gasteiger partial charge in [-0.15, -0.1) is 0 Å². The topological polar surface area (TPSA) is 24.4 Å². The number of nitrogens with one attached hydrogen (secondary N) is 1. The lowest BCUT2D eigenvalue weighted by Crippen LogP contribution is -2.12. The standard InChI is InChI=1S/C19H30N2/c1-14(2)17-11-8-12-18(15(3)4)19(17)21-13-20-16-9-6-5-7-10-16/h8,11-16H,5-7,9-10H2,1-4H3,(H,20,21). The predicted octanol–water partition coefficient (Wildman–Crippen LogP) is 5.71. The Bertz CT molecular complexity index is 442. The van der Waals surface area contributed by atoms with Crippen LogP contribution in [0.2, 0.25) is 0 Å². The quantitative estimate of drug-likeness (QED) is 0.544. The molecule has 0 bridgehead atoms. The van der Waals surface area contributed by atoms with Crippen molar-refractivity contribution in [2.24, 2.45) is 4.99 Å². The molecule has 116 valence electrons. The Balaban J connectivity index is 2.15. The first kappa shape index (κ1) is 16.1. The summed E-state index contributed by atoms with van der Waals surface area (Å²) < 4.78 is 0. The third kappa shape index (κ3) is 4.33. The van der Waals surface area contributed by atoms with E-state index in [0.717, 1.165) is 0 Å². The minimum absolute atomic E-state index is 0.522. The first-order valence-electron chi connectivity index (χ1n) is 8.50. The Labute approximate surface area is 130 Å². The van der Waals surface area contributed by atoms with Crippen molar-refractivity contribution in [3.05, 3.63) is 29.3 Å². The van der Waals surface area contributed by atoms with Gasteiger partial charge in [-0.05, 0) is 35.8 Å². The molecule has 1 fully saturated rings. The van der Waals surface area contributed by atoms with Gasteiger partial charge >= 0.3 is 0 Å². The summed E-state index contributed by atoms with van der Waals surface area (Å²) in [7, 11) is 0. The first-order chi connectivity index (χ1) is 10.1. The summed E-state index contributed by atoms with van der Waals surface area (Å²) in [4.78, 5) is 4.74. The fourth-order valence-electron chi connectivity index (χ4n) is 3.16. The molecule has 0 amide bonds. The van der Waals surface area contributed by atoms with Crippen molar-refractivity contribution in [1.82, 2.24) is 0 Å². The number of nitrogens with zero attached hydrogens (tertiary/aromatic N) is 1. The second-order valence-corrected chi connectivity index (χ2v) is 6.84. The number of hydrogen-bond donors (Lipinski definition) is 1. The summed E-state index contributed by atoms with van der Waals surface area (Å²) in [5, 5.41) is 3.50. The lowest BCUT2D eigenvalue weighted by Gasteiger charge is -2.20. The number of aliphatic imine (C=N–C) groups is 1. The molecule has 0 aromatic heterocycles. The molecule has 1 saturated carbocycles. The molecule has 0 heterocycles. The van der Waals surface area contributed by atoms with E-state index in [1.807, 2.05) is 6.34 Å². The van der Waals surface area contributed by atoms with Crippen LogP contribution in [0.3, 0.4) is 0 Å². The zero-order valence-electron chi connectivity index (χ0n) is 14.0. The van der Waals surface area contributed by atoms with Crippen LogP contribution in [0.5, 0.6) is 0 Å². The van der Waals surface area contributed by atoms with E-state index in [2.05, 4.69) is 51.2 Å². The minimum atomic E-state index is 0.522. The molecule has 0 unspecified atom stereocenters. The maximum absolute atomic E-state index is 4.74. The van der Waals surface area contributed by atoms with Crippen LogP contribution >= 0.6 is 0 Å². The van der Waals surface area contributed by atoms with Crippen LogP contribution in [0.4, 0.5) is 5.69 Å². The van der Waals surface area contributed by atoms with Crippen LogP contribution in [0.1, 0.15) is 82.8 Å². The lowest BCUT2D eigenvalue weighted by molar-refractivity contribution is 0.444. The maximum atomic E-state index is 4.74. The van der Waals surface area contributed by atoms with Crippen molar-refractivity contribution >= 4 is 12.0 Å². The third-order valence-electron chi connectivity index (χ3n) is 4.44. The molecule has 2 rings (SSSR count). The van der Waals surface area contributed by atoms with Crippen molar-refractivity contribution < 1.29 is 0 Å². The summed E-state index contributed by atoms with van der Waals surface area (Å²) >= 11 is 0. The molecule has 0 spiro atoms. The molecule has 0 radical (unpaired) electrons. The molecule has 1 aromatic rings. The Morgan fingerprint density at radius 1 is 1.00 bits per heavy atom. The largest absolute Gasteiger partial charge is 0.346 e. The second kappa shape index (κ2) is 7.63. The molecular weight excluding hydrogens is 256 g/mol. The van der Waals surface area contributed by atoms with E-state index in [4.69, 9.17) is 4.99 Å². The van der Waals surface area contributed by atoms with Gasteiger partial charge in [0.15, 0.2) is 0 Å². The SMILES string of the molecule is CC(C)c1cccc(C(C)C)c1NC=NC1CCCCC1. The van der Waals surface area contributed by atoms with E-state index in [9.17, 15) is 0 Å². The van der Waals surface area contributed by atoms with Crippen LogP contribution in [-0.2, 0) is 0 Å². The summed E-state index contributed by atoms with van der Waals surface area (Å²) in [6.07, 6.45) is 8.50. The van der Waals surface area contributed by atoms with E-state index >= 15 is 0 Å². The fourth-order valence-corrected chi connectivity index (χ4v) is 3.16. The molecule has 1 aromatic carbocycles. The van der Waals surface area contributed by atoms with E-state index in [-0.39, 0.29) is 0 Å². The summed E-state index contributed by atoms with van der Waals surface area (Å²) in [5.41, 5.74) is 4.04. The summed E-state index contributed by atoms with van der Waals surface area (Å²) in [6, 6.07) is 7.16. The molecule has 0 saturated heterocycles. The van der Waals surface area contributed by atoms with Crippen molar-refractivity contribution in [3.8, 4) is 0 Å². The fraction of sp³-hybridized carbons (Fsp3) is 0.632. The average molecular weight is 286 g/mol. The van der Waals surface area contributed by atoms with Gasteiger partial charge < -0.3 is 5.32 Å². The molecule has 0 atom stereocenters. The van der Waals surface area contributed by atoms with Gasteiger partial charge in [0.1, 0.15) is 0 Å². The second-order valence-electron chi connectivity index (χ2n) is 6.84. The van der Waals surface area contributed by atoms with Crippen molar-refractivity contribution in [1.29, 1.82) is 0 Å². The van der Waals surface area contributed by atoms with E-state index in [0.29, 0.717) is 17.9 Å². The van der Waals surface area contributed by atoms with Gasteiger partial charge in [0.2, 0.25) is 0 Å². The first-order valence-corrected chi connectivity index (χ1v) is 8.50. The Morgan fingerprint density at radius 2 is 1.57 bits per heavy atom. The molecule has 21 heavy (non-hydrogen) atoms. The zero-order chi connectivity index (χ0) is 15.2. The van der Waals surface area contributed by atoms with Crippen LogP contribution in [0.25, 0.3) is 0 Å². The van der Waals surface area contributed by atoms with Gasteiger partial charge in [0.25, 0.3) is 0 Å². The third-order valence-corrected chi connectivity index (χ3v) is 4.44. The van der Waals surface area contributed by atoms with Gasteiger partial charge in [-0.3, -0.25) is 4.99 Å². The van der Waals surface area contributed by atoms with Gasteiger partial charge in [-0.25, -0.2) is 0 Å². The molecule has 2 nitrogen and oxygen atoms in total. The summed E-state index contributed by atoms with van der Waals surface area (Å²) in [5.74, 6) is 1.04. The van der Waals surface area contributed by atoms with E-state index in [1.165, 1.54) is 48.9 Å². The Hall–Kier alpha value is -1.31. The van der Waals surface area contributed by atoms with Gasteiger partial charge in [0, 0.05) is 5.69 Å². The number of para-hydroxylation sites is 1. The molecule has 2 heteroatoms. The molecular formula is C19H30N2. The number of hydrogen-bond acceptors (Lipinski definition) is 1. The lowest BCUT2D eigenvalue weighted by atomic mass is 9.93.